The van der Waals surface area contributed by atoms with Gasteiger partial charge in [-0.1, -0.05) is 81.4 Å². The molecule has 0 radical (unpaired) electrons. The molecular weight excluding hydrogens is 582 g/mol. The van der Waals surface area contributed by atoms with Gasteiger partial charge in [-0.3, -0.25) is 4.79 Å². The molecule has 0 N–H and O–H groups in total. The fraction of sp³-hybridized carbons (Fsp3) is 0.459. The van der Waals surface area contributed by atoms with Gasteiger partial charge >= 0.3 is 6.09 Å². The van der Waals surface area contributed by atoms with Crippen LogP contribution in [0.2, 0.25) is 18.1 Å². The summed E-state index contributed by atoms with van der Waals surface area (Å²) in [6.07, 6.45) is 1.35. The van der Waals surface area contributed by atoms with Gasteiger partial charge in [0.2, 0.25) is 5.91 Å². The van der Waals surface area contributed by atoms with E-state index < -0.39 is 32.5 Å². The molecule has 3 atom stereocenters. The molecule has 1 aliphatic heterocycles. The first-order valence-corrected chi connectivity index (χ1v) is 18.7. The van der Waals surface area contributed by atoms with Gasteiger partial charge in [0.05, 0.1) is 32.3 Å². The Kier molecular flexibility index (Phi) is 11.1. The van der Waals surface area contributed by atoms with Crippen LogP contribution >= 0.6 is 0 Å². The molecule has 0 unspecified atom stereocenters. The van der Waals surface area contributed by atoms with Crippen molar-refractivity contribution >= 4 is 20.3 Å². The molecule has 1 aliphatic rings. The Hall–Kier alpha value is -3.62. The molecular formula is C37H49NO6Si. The summed E-state index contributed by atoms with van der Waals surface area (Å²) in [7, 11) is 0.828. The zero-order chi connectivity index (χ0) is 32.8. The number of aryl methyl sites for hydroxylation is 1. The number of amides is 2. The van der Waals surface area contributed by atoms with E-state index in [1.807, 2.05) is 67.6 Å². The number of ether oxygens (including phenoxy) is 3. The Bertz CT molecular complexity index is 1410. The van der Waals surface area contributed by atoms with Gasteiger partial charge in [-0.25, -0.2) is 9.69 Å². The number of carbonyl (C=O) groups is 2. The van der Waals surface area contributed by atoms with Crippen LogP contribution in [0.3, 0.4) is 0 Å². The Balaban J connectivity index is 1.80. The van der Waals surface area contributed by atoms with Crippen LogP contribution in [0.25, 0.3) is 0 Å². The largest absolute Gasteiger partial charge is 0.496 e. The van der Waals surface area contributed by atoms with Gasteiger partial charge in [0.1, 0.15) is 18.1 Å². The van der Waals surface area contributed by atoms with Gasteiger partial charge in [0.25, 0.3) is 0 Å². The summed E-state index contributed by atoms with van der Waals surface area (Å²) in [5.74, 6) is 0.398. The smallest absolute Gasteiger partial charge is 0.416 e. The number of methoxy groups -OCH3 is 2. The summed E-state index contributed by atoms with van der Waals surface area (Å²) >= 11 is 0. The van der Waals surface area contributed by atoms with Gasteiger partial charge < -0.3 is 18.6 Å². The van der Waals surface area contributed by atoms with Crippen molar-refractivity contribution in [2.45, 2.75) is 83.7 Å². The van der Waals surface area contributed by atoms with Crippen LogP contribution in [0.4, 0.5) is 4.79 Å². The molecule has 7 nitrogen and oxygen atoms in total. The lowest BCUT2D eigenvalue weighted by atomic mass is 9.88. The van der Waals surface area contributed by atoms with Gasteiger partial charge in [-0.2, -0.15) is 0 Å². The summed E-state index contributed by atoms with van der Waals surface area (Å²) in [5, 5.41) is -0.121. The quantitative estimate of drug-likeness (QED) is 0.177. The minimum atomic E-state index is -2.43. The van der Waals surface area contributed by atoms with Crippen LogP contribution in [0.1, 0.15) is 62.0 Å². The molecule has 3 aromatic carbocycles. The zero-order valence-electron chi connectivity index (χ0n) is 28.1. The maximum absolute atomic E-state index is 14.8. The number of hydrogen-bond acceptors (Lipinski definition) is 6. The first-order valence-electron chi connectivity index (χ1n) is 15.8. The third-order valence-corrected chi connectivity index (χ3v) is 13.8. The number of imide groups is 1. The van der Waals surface area contributed by atoms with E-state index >= 15 is 0 Å². The molecule has 1 heterocycles. The Morgan fingerprint density at radius 3 is 2.04 bits per heavy atom. The summed E-state index contributed by atoms with van der Waals surface area (Å²) in [6.45, 7) is 13.1. The molecule has 2 amide bonds. The van der Waals surface area contributed by atoms with Crippen molar-refractivity contribution in [1.29, 1.82) is 0 Å². The van der Waals surface area contributed by atoms with Gasteiger partial charge in [-0.15, -0.1) is 0 Å². The first kappa shape index (κ1) is 34.3. The van der Waals surface area contributed by atoms with Crippen LogP contribution in [-0.4, -0.2) is 52.1 Å². The van der Waals surface area contributed by atoms with Crippen LogP contribution in [0.15, 0.2) is 72.8 Å². The van der Waals surface area contributed by atoms with E-state index in [1.165, 1.54) is 10.5 Å². The highest BCUT2D eigenvalue weighted by atomic mass is 28.4. The SMILES string of the molecule is COc1cc([C@@H](O[Si](C)(C)C(C)(C)C)[C@@H](CCCc2ccccc2)C(=O)N2C(=O)OC[C@@H]2Cc2ccccc2)cc(OC)c1C. The molecule has 0 aromatic heterocycles. The maximum Gasteiger partial charge on any atom is 0.416 e. The molecule has 8 heteroatoms. The predicted molar refractivity (Wildman–Crippen MR) is 180 cm³/mol. The number of carbonyl (C=O) groups excluding carboxylic acids is 2. The van der Waals surface area contributed by atoms with Crippen molar-refractivity contribution in [2.75, 3.05) is 20.8 Å². The fourth-order valence-corrected chi connectivity index (χ4v) is 6.96. The highest BCUT2D eigenvalue weighted by Gasteiger charge is 2.47. The third kappa shape index (κ3) is 8.16. The number of rotatable bonds is 13. The highest BCUT2D eigenvalue weighted by molar-refractivity contribution is 6.74. The second kappa shape index (κ2) is 14.6. The molecule has 4 rings (SSSR count). The van der Waals surface area contributed by atoms with Crippen molar-refractivity contribution in [3.63, 3.8) is 0 Å². The summed E-state index contributed by atoms with van der Waals surface area (Å²) in [6, 6.07) is 23.7. The molecule has 0 bridgehead atoms. The highest BCUT2D eigenvalue weighted by Crippen LogP contribution is 2.45. The van der Waals surface area contributed by atoms with Crippen LogP contribution in [0, 0.1) is 12.8 Å². The number of nitrogens with zero attached hydrogens (tertiary/aromatic N) is 1. The second-order valence-corrected chi connectivity index (χ2v) is 18.2. The minimum absolute atomic E-state index is 0.121. The Labute approximate surface area is 270 Å². The molecule has 0 aliphatic carbocycles. The van der Waals surface area contributed by atoms with Crippen molar-refractivity contribution in [1.82, 2.24) is 4.90 Å². The van der Waals surface area contributed by atoms with Crippen molar-refractivity contribution in [3.05, 3.63) is 95.1 Å². The summed E-state index contributed by atoms with van der Waals surface area (Å²) < 4.78 is 24.2. The van der Waals surface area contributed by atoms with Gasteiger partial charge in [-0.05, 0) is 79.6 Å². The van der Waals surface area contributed by atoms with Crippen molar-refractivity contribution in [2.24, 2.45) is 5.92 Å². The van der Waals surface area contributed by atoms with E-state index in [4.69, 9.17) is 18.6 Å². The average molecular weight is 632 g/mol. The Morgan fingerprint density at radius 2 is 1.51 bits per heavy atom. The van der Waals surface area contributed by atoms with E-state index in [-0.39, 0.29) is 17.6 Å². The fourth-order valence-electron chi connectivity index (χ4n) is 5.67. The van der Waals surface area contributed by atoms with Gasteiger partial charge in [0, 0.05) is 5.56 Å². The number of cyclic esters (lactones) is 1. The molecule has 1 fully saturated rings. The lowest BCUT2D eigenvalue weighted by Gasteiger charge is -2.42. The summed E-state index contributed by atoms with van der Waals surface area (Å²) in [4.78, 5) is 29.5. The first-order chi connectivity index (χ1) is 21.4. The van der Waals surface area contributed by atoms with E-state index in [0.29, 0.717) is 24.3 Å². The maximum atomic E-state index is 14.8. The van der Waals surface area contributed by atoms with E-state index in [2.05, 4.69) is 46.0 Å². The van der Waals surface area contributed by atoms with E-state index in [9.17, 15) is 9.59 Å². The minimum Gasteiger partial charge on any atom is -0.496 e. The number of hydrogen-bond donors (Lipinski definition) is 0. The molecule has 0 spiro atoms. The molecule has 1 saturated heterocycles. The third-order valence-electron chi connectivity index (χ3n) is 9.35. The number of benzene rings is 3. The second-order valence-electron chi connectivity index (χ2n) is 13.5. The van der Waals surface area contributed by atoms with E-state index in [0.717, 1.165) is 29.5 Å². The predicted octanol–water partition coefficient (Wildman–Crippen LogP) is 8.30. The van der Waals surface area contributed by atoms with Crippen LogP contribution in [-0.2, 0) is 26.8 Å². The monoisotopic (exact) mass is 631 g/mol. The lowest BCUT2D eigenvalue weighted by Crippen LogP contribution is -2.48. The zero-order valence-corrected chi connectivity index (χ0v) is 29.1. The normalized spacial score (nSPS) is 16.7. The lowest BCUT2D eigenvalue weighted by molar-refractivity contribution is -0.137. The van der Waals surface area contributed by atoms with Crippen molar-refractivity contribution in [3.8, 4) is 11.5 Å². The van der Waals surface area contributed by atoms with Crippen molar-refractivity contribution < 1.29 is 28.2 Å². The summed E-state index contributed by atoms with van der Waals surface area (Å²) in [5.41, 5.74) is 3.91. The molecule has 0 saturated carbocycles. The van der Waals surface area contributed by atoms with Gasteiger partial charge in [0.15, 0.2) is 8.32 Å². The van der Waals surface area contributed by atoms with Crippen LogP contribution < -0.4 is 9.47 Å². The average Bonchev–Trinajstić information content (AvgIpc) is 3.38. The Morgan fingerprint density at radius 1 is 0.956 bits per heavy atom. The molecule has 45 heavy (non-hydrogen) atoms. The standard InChI is InChI=1S/C37H49NO6Si/c1-26-32(41-5)23-29(24-33(26)42-6)34(44-45(7,8)37(2,3)4)31(21-15-20-27-16-11-9-12-17-27)35(39)38-30(25-43-36(38)40)22-28-18-13-10-14-19-28/h9-14,16-19,23-24,30-31,34H,15,20-22,25H2,1-8H3/t30-,31+,34+/m0/s1. The van der Waals surface area contributed by atoms with E-state index in [1.54, 1.807) is 14.2 Å². The molecule has 3 aromatic rings. The topological polar surface area (TPSA) is 74.3 Å². The van der Waals surface area contributed by atoms with Crippen LogP contribution in [0.5, 0.6) is 11.5 Å². The molecule has 242 valence electrons.